The maximum absolute atomic E-state index is 9.36. The van der Waals surface area contributed by atoms with Crippen molar-refractivity contribution in [2.24, 2.45) is 0 Å². The van der Waals surface area contributed by atoms with Gasteiger partial charge in [0.05, 0.1) is 17.5 Å². The minimum atomic E-state index is -0.322. The van der Waals surface area contributed by atoms with Gasteiger partial charge in [0.1, 0.15) is 0 Å². The predicted molar refractivity (Wildman–Crippen MR) is 98.1 cm³/mol. The molecule has 2 aromatic heterocycles. The van der Waals surface area contributed by atoms with E-state index < -0.39 is 0 Å². The maximum Gasteiger partial charge on any atom is 0.152 e. The van der Waals surface area contributed by atoms with E-state index in [0.717, 1.165) is 28.5 Å². The summed E-state index contributed by atoms with van der Waals surface area (Å²) < 4.78 is 1.83. The van der Waals surface area contributed by atoms with E-state index >= 15 is 0 Å². The zero-order valence-corrected chi connectivity index (χ0v) is 14.7. The van der Waals surface area contributed by atoms with E-state index in [1.54, 1.807) is 13.1 Å². The van der Waals surface area contributed by atoms with Crippen molar-refractivity contribution < 1.29 is 5.11 Å². The quantitative estimate of drug-likeness (QED) is 0.645. The number of anilines is 1. The predicted octanol–water partition coefficient (Wildman–Crippen LogP) is 2.15. The molecule has 132 valence electrons. The second-order valence-electron chi connectivity index (χ2n) is 6.26. The number of aliphatic hydroxyl groups is 1. The first-order valence-corrected chi connectivity index (χ1v) is 8.37. The Hall–Kier alpha value is -2.80. The summed E-state index contributed by atoms with van der Waals surface area (Å²) in [6, 6.07) is 3.91. The van der Waals surface area contributed by atoms with Crippen molar-refractivity contribution in [3.8, 4) is 0 Å². The average Bonchev–Trinajstić information content (AvgIpc) is 3.23. The van der Waals surface area contributed by atoms with Crippen LogP contribution in [0.3, 0.4) is 0 Å². The zero-order valence-electron chi connectivity index (χ0n) is 14.7. The zero-order chi connectivity index (χ0) is 17.8. The molecule has 2 aromatic rings. The summed E-state index contributed by atoms with van der Waals surface area (Å²) in [6.07, 6.45) is 7.96. The Bertz CT molecular complexity index is 805. The van der Waals surface area contributed by atoms with Crippen molar-refractivity contribution in [1.82, 2.24) is 25.6 Å². The number of rotatable bonds is 6. The number of aliphatic hydroxyl groups excluding tert-OH is 1. The SMILES string of the molecule is C/C(Nc1ccn(CC[C@@H](C)O)n1)=C1\C=C(c2cnccc2C)NN1. The number of hydrogen-bond donors (Lipinski definition) is 4. The van der Waals surface area contributed by atoms with Gasteiger partial charge in [-0.25, -0.2) is 0 Å². The summed E-state index contributed by atoms with van der Waals surface area (Å²) in [5.41, 5.74) is 11.5. The second kappa shape index (κ2) is 7.40. The molecule has 0 unspecified atom stereocenters. The normalized spacial score (nSPS) is 16.7. The molecule has 1 atom stereocenters. The van der Waals surface area contributed by atoms with Crippen molar-refractivity contribution in [2.75, 3.05) is 5.32 Å². The number of nitrogens with zero attached hydrogens (tertiary/aromatic N) is 3. The fraction of sp³-hybridized carbons (Fsp3) is 0.333. The van der Waals surface area contributed by atoms with E-state index in [-0.39, 0.29) is 6.10 Å². The fourth-order valence-electron chi connectivity index (χ4n) is 2.58. The maximum atomic E-state index is 9.36. The van der Waals surface area contributed by atoms with Gasteiger partial charge in [0, 0.05) is 42.5 Å². The van der Waals surface area contributed by atoms with Crippen LogP contribution >= 0.6 is 0 Å². The van der Waals surface area contributed by atoms with Crippen LogP contribution in [0.5, 0.6) is 0 Å². The highest BCUT2D eigenvalue weighted by Gasteiger charge is 2.14. The van der Waals surface area contributed by atoms with Crippen LogP contribution < -0.4 is 16.2 Å². The lowest BCUT2D eigenvalue weighted by Gasteiger charge is -2.08. The standard InChI is InChI=1S/C18H24N6O/c1-12-4-7-19-11-15(12)17-10-16(21-22-17)14(3)20-18-6-9-24(23-18)8-5-13(2)25/h4,6-7,9-11,13,21-22,25H,5,8H2,1-3H3,(H,20,23)/b16-14-/t13-/m1/s1. The van der Waals surface area contributed by atoms with Crippen LogP contribution in [0.1, 0.15) is 31.4 Å². The summed E-state index contributed by atoms with van der Waals surface area (Å²) in [6.45, 7) is 6.53. The van der Waals surface area contributed by atoms with Gasteiger partial charge in [0.25, 0.3) is 0 Å². The van der Waals surface area contributed by atoms with Gasteiger partial charge in [-0.2, -0.15) is 5.10 Å². The lowest BCUT2D eigenvalue weighted by atomic mass is 10.1. The third-order valence-corrected chi connectivity index (χ3v) is 4.09. The average molecular weight is 340 g/mol. The van der Waals surface area contributed by atoms with Crippen molar-refractivity contribution in [1.29, 1.82) is 0 Å². The molecule has 0 spiro atoms. The highest BCUT2D eigenvalue weighted by molar-refractivity contribution is 5.71. The molecule has 1 aliphatic heterocycles. The molecule has 1 aliphatic rings. The van der Waals surface area contributed by atoms with Crippen LogP contribution in [0.25, 0.3) is 5.70 Å². The highest BCUT2D eigenvalue weighted by atomic mass is 16.3. The molecule has 0 radical (unpaired) electrons. The monoisotopic (exact) mass is 340 g/mol. The first-order chi connectivity index (χ1) is 12.0. The van der Waals surface area contributed by atoms with Crippen molar-refractivity contribution in [3.05, 3.63) is 59.3 Å². The van der Waals surface area contributed by atoms with Gasteiger partial charge in [0.2, 0.25) is 0 Å². The lowest BCUT2D eigenvalue weighted by Crippen LogP contribution is -2.24. The van der Waals surface area contributed by atoms with Gasteiger partial charge in [-0.3, -0.25) is 15.1 Å². The van der Waals surface area contributed by atoms with Crippen LogP contribution in [0, 0.1) is 6.92 Å². The largest absolute Gasteiger partial charge is 0.393 e. The number of pyridine rings is 1. The van der Waals surface area contributed by atoms with E-state index in [0.29, 0.717) is 13.0 Å². The molecule has 0 saturated carbocycles. The van der Waals surface area contributed by atoms with Gasteiger partial charge in [-0.1, -0.05) is 0 Å². The number of hydrazine groups is 1. The summed E-state index contributed by atoms with van der Waals surface area (Å²) in [5, 5.41) is 17.1. The molecule has 0 saturated heterocycles. The van der Waals surface area contributed by atoms with Gasteiger partial charge in [-0.15, -0.1) is 0 Å². The van der Waals surface area contributed by atoms with E-state index in [9.17, 15) is 5.11 Å². The molecule has 0 aliphatic carbocycles. The smallest absolute Gasteiger partial charge is 0.152 e. The van der Waals surface area contributed by atoms with Gasteiger partial charge < -0.3 is 15.8 Å². The Morgan fingerprint density at radius 3 is 2.96 bits per heavy atom. The van der Waals surface area contributed by atoms with Crippen molar-refractivity contribution in [3.63, 3.8) is 0 Å². The molecule has 0 aromatic carbocycles. The third kappa shape index (κ3) is 4.19. The molecule has 3 rings (SSSR count). The number of hydrogen-bond acceptors (Lipinski definition) is 6. The lowest BCUT2D eigenvalue weighted by molar-refractivity contribution is 0.176. The van der Waals surface area contributed by atoms with Gasteiger partial charge in [0.15, 0.2) is 5.82 Å². The Morgan fingerprint density at radius 1 is 1.36 bits per heavy atom. The van der Waals surface area contributed by atoms with E-state index in [2.05, 4.69) is 39.3 Å². The Labute approximate surface area is 147 Å². The highest BCUT2D eigenvalue weighted by Crippen LogP contribution is 2.21. The molecule has 0 fully saturated rings. The summed E-state index contributed by atoms with van der Waals surface area (Å²) in [7, 11) is 0. The number of aryl methyl sites for hydroxylation is 2. The third-order valence-electron chi connectivity index (χ3n) is 4.09. The summed E-state index contributed by atoms with van der Waals surface area (Å²) in [4.78, 5) is 4.19. The molecular weight excluding hydrogens is 316 g/mol. The Balaban J connectivity index is 1.70. The molecule has 7 heteroatoms. The van der Waals surface area contributed by atoms with Gasteiger partial charge in [-0.05, 0) is 44.9 Å². The van der Waals surface area contributed by atoms with Crippen LogP contribution in [-0.2, 0) is 6.54 Å². The first-order valence-electron chi connectivity index (χ1n) is 8.37. The van der Waals surface area contributed by atoms with Crippen LogP contribution in [0.15, 0.2) is 48.2 Å². The molecule has 7 nitrogen and oxygen atoms in total. The fourth-order valence-corrected chi connectivity index (χ4v) is 2.58. The van der Waals surface area contributed by atoms with E-state index in [1.165, 1.54) is 5.56 Å². The van der Waals surface area contributed by atoms with Gasteiger partial charge >= 0.3 is 0 Å². The number of aromatic nitrogens is 3. The minimum Gasteiger partial charge on any atom is -0.393 e. The molecule has 0 amide bonds. The summed E-state index contributed by atoms with van der Waals surface area (Å²) >= 11 is 0. The Morgan fingerprint density at radius 2 is 2.20 bits per heavy atom. The summed E-state index contributed by atoms with van der Waals surface area (Å²) in [5.74, 6) is 0.775. The number of allylic oxidation sites excluding steroid dienone is 2. The van der Waals surface area contributed by atoms with Crippen molar-refractivity contribution >= 4 is 11.5 Å². The van der Waals surface area contributed by atoms with Crippen LogP contribution in [0.2, 0.25) is 0 Å². The first kappa shape index (κ1) is 17.0. The van der Waals surface area contributed by atoms with Crippen molar-refractivity contribution in [2.45, 2.75) is 39.8 Å². The molecule has 0 bridgehead atoms. The molecule has 25 heavy (non-hydrogen) atoms. The van der Waals surface area contributed by atoms with E-state index in [1.807, 2.05) is 36.1 Å². The van der Waals surface area contributed by atoms with Crippen LogP contribution in [-0.4, -0.2) is 26.0 Å². The number of nitrogens with one attached hydrogen (secondary N) is 3. The minimum absolute atomic E-state index is 0.322. The molecule has 3 heterocycles. The molecular formula is C18H24N6O. The van der Waals surface area contributed by atoms with Crippen LogP contribution in [0.4, 0.5) is 5.82 Å². The van der Waals surface area contributed by atoms with E-state index in [4.69, 9.17) is 0 Å². The second-order valence-corrected chi connectivity index (χ2v) is 6.26. The molecule has 4 N–H and O–H groups in total. The Kier molecular flexibility index (Phi) is 5.04. The topological polar surface area (TPSA) is 87.0 Å².